The van der Waals surface area contributed by atoms with E-state index in [1.54, 1.807) is 0 Å². The molecule has 96 valence electrons. The van der Waals surface area contributed by atoms with Crippen molar-refractivity contribution in [3.8, 4) is 0 Å². The molecule has 0 atom stereocenters. The third-order valence-electron chi connectivity index (χ3n) is 2.90. The molecule has 1 aliphatic rings. The van der Waals surface area contributed by atoms with Crippen LogP contribution in [0, 0.1) is 6.07 Å². The predicted octanol–water partition coefficient (Wildman–Crippen LogP) is 0.128. The first-order valence-electron chi connectivity index (χ1n) is 6.43. The molecule has 2 nitrogen and oxygen atoms in total. The molecule has 0 amide bonds. The van der Waals surface area contributed by atoms with E-state index in [2.05, 4.69) is 44.0 Å². The average molecular weight is 241 g/mol. The van der Waals surface area contributed by atoms with Crippen molar-refractivity contribution in [2.24, 2.45) is 0 Å². The molecule has 0 bridgehead atoms. The van der Waals surface area contributed by atoms with Crippen molar-refractivity contribution in [2.45, 2.75) is 39.3 Å². The molecule has 1 aromatic rings. The molecule has 0 N–H and O–H groups in total. The van der Waals surface area contributed by atoms with E-state index in [4.69, 9.17) is 4.74 Å². The summed E-state index contributed by atoms with van der Waals surface area (Å²) in [6.07, 6.45) is 2.56. The molecule has 1 fully saturated rings. The molecule has 1 aliphatic heterocycles. The van der Waals surface area contributed by atoms with Crippen molar-refractivity contribution >= 4 is 0 Å². The molecule has 0 aliphatic carbocycles. The summed E-state index contributed by atoms with van der Waals surface area (Å²) >= 11 is 0. The molecule has 1 heterocycles. The summed E-state index contributed by atoms with van der Waals surface area (Å²) in [6.45, 7) is 7.38. The van der Waals surface area contributed by atoms with E-state index in [9.17, 15) is 0 Å². The quantitative estimate of drug-likeness (QED) is 0.551. The van der Waals surface area contributed by atoms with E-state index in [1.807, 2.05) is 12.1 Å². The van der Waals surface area contributed by atoms with E-state index in [0.717, 1.165) is 19.8 Å². The van der Waals surface area contributed by atoms with Crippen LogP contribution in [0.3, 0.4) is 0 Å². The largest absolute Gasteiger partial charge is 1.00 e. The Labute approximate surface area is 124 Å². The van der Waals surface area contributed by atoms with Gasteiger partial charge in [0.25, 0.3) is 0 Å². The van der Waals surface area contributed by atoms with Crippen LogP contribution in [0.15, 0.2) is 24.3 Å². The van der Waals surface area contributed by atoms with Gasteiger partial charge in [0.05, 0.1) is 0 Å². The Kier molecular flexibility index (Phi) is 10.5. The molecule has 2 rings (SSSR count). The Hall–Kier alpha value is -0.263. The van der Waals surface area contributed by atoms with Gasteiger partial charge in [-0.05, 0) is 33.7 Å². The SMILES string of the molecule is C1CCOC1.CC(C)N(C)Cc1[c-]cccc1.[Li+]. The summed E-state index contributed by atoms with van der Waals surface area (Å²) in [6, 6.07) is 11.9. The minimum atomic E-state index is 0. The molecule has 1 aromatic carbocycles. The van der Waals surface area contributed by atoms with Crippen molar-refractivity contribution in [1.82, 2.24) is 4.90 Å². The van der Waals surface area contributed by atoms with Crippen LogP contribution in [0.1, 0.15) is 32.3 Å². The van der Waals surface area contributed by atoms with Gasteiger partial charge in [0.2, 0.25) is 0 Å². The Morgan fingerprint density at radius 1 is 1.28 bits per heavy atom. The topological polar surface area (TPSA) is 12.5 Å². The van der Waals surface area contributed by atoms with Crippen LogP contribution in [0.4, 0.5) is 0 Å². The zero-order valence-electron chi connectivity index (χ0n) is 12.3. The monoisotopic (exact) mass is 241 g/mol. The summed E-state index contributed by atoms with van der Waals surface area (Å²) in [5.74, 6) is 0. The summed E-state index contributed by atoms with van der Waals surface area (Å²) in [5.41, 5.74) is 1.26. The van der Waals surface area contributed by atoms with Gasteiger partial charge < -0.3 is 9.64 Å². The number of ether oxygens (including phenoxy) is 1. The van der Waals surface area contributed by atoms with Crippen LogP contribution >= 0.6 is 0 Å². The number of rotatable bonds is 3. The first-order valence-corrected chi connectivity index (χ1v) is 6.43. The molecule has 18 heavy (non-hydrogen) atoms. The van der Waals surface area contributed by atoms with Gasteiger partial charge in [-0.25, -0.2) is 0 Å². The number of benzene rings is 1. The van der Waals surface area contributed by atoms with E-state index in [-0.39, 0.29) is 18.9 Å². The van der Waals surface area contributed by atoms with Crippen LogP contribution in [-0.4, -0.2) is 31.2 Å². The second-order valence-corrected chi connectivity index (χ2v) is 4.72. The van der Waals surface area contributed by atoms with Gasteiger partial charge in [-0.3, -0.25) is 0 Å². The van der Waals surface area contributed by atoms with Gasteiger partial charge in [0.15, 0.2) is 0 Å². The maximum atomic E-state index is 4.94. The van der Waals surface area contributed by atoms with E-state index in [1.165, 1.54) is 18.4 Å². The first kappa shape index (κ1) is 17.7. The molecular formula is C15H24LiNO. The second kappa shape index (κ2) is 10.6. The minimum absolute atomic E-state index is 0. The number of nitrogens with zero attached hydrogens (tertiary/aromatic N) is 1. The Balaban J connectivity index is 0.000000405. The van der Waals surface area contributed by atoms with Gasteiger partial charge in [0, 0.05) is 25.8 Å². The number of hydrogen-bond acceptors (Lipinski definition) is 2. The molecule has 0 aromatic heterocycles. The smallest absolute Gasteiger partial charge is 0.381 e. The van der Waals surface area contributed by atoms with Gasteiger partial charge in [-0.2, -0.15) is 30.3 Å². The third-order valence-corrected chi connectivity index (χ3v) is 2.90. The zero-order valence-corrected chi connectivity index (χ0v) is 12.3. The molecule has 0 unspecified atom stereocenters. The van der Waals surface area contributed by atoms with Crippen LogP contribution in [0.5, 0.6) is 0 Å². The predicted molar refractivity (Wildman–Crippen MR) is 71.9 cm³/mol. The number of hydrogen-bond donors (Lipinski definition) is 0. The van der Waals surface area contributed by atoms with Crippen molar-refractivity contribution in [1.29, 1.82) is 0 Å². The summed E-state index contributed by atoms with van der Waals surface area (Å²) in [5, 5.41) is 0. The molecule has 3 heteroatoms. The van der Waals surface area contributed by atoms with Crippen molar-refractivity contribution in [3.05, 3.63) is 35.9 Å². The standard InChI is InChI=1S/C11H16N.C4H8O.Li/c1-10(2)12(3)9-11-7-5-4-6-8-11;1-2-4-5-3-1;/h4-7,10H,9H2,1-3H3;1-4H2;/q-1;;+1. The van der Waals surface area contributed by atoms with Crippen molar-refractivity contribution in [3.63, 3.8) is 0 Å². The van der Waals surface area contributed by atoms with Crippen LogP contribution in [-0.2, 0) is 11.3 Å². The maximum absolute atomic E-state index is 4.94. The second-order valence-electron chi connectivity index (χ2n) is 4.72. The molecule has 1 saturated heterocycles. The Bertz CT molecular complexity index is 278. The van der Waals surface area contributed by atoms with Gasteiger partial charge in [-0.1, -0.05) is 0 Å². The van der Waals surface area contributed by atoms with Crippen LogP contribution in [0.25, 0.3) is 0 Å². The summed E-state index contributed by atoms with van der Waals surface area (Å²) in [4.78, 5) is 2.30. The molecule has 0 spiro atoms. The molecule has 0 saturated carbocycles. The van der Waals surface area contributed by atoms with Crippen molar-refractivity contribution in [2.75, 3.05) is 20.3 Å². The molecule has 0 radical (unpaired) electrons. The maximum Gasteiger partial charge on any atom is 1.00 e. The van der Waals surface area contributed by atoms with E-state index < -0.39 is 0 Å². The fourth-order valence-electron chi connectivity index (χ4n) is 1.49. The van der Waals surface area contributed by atoms with Crippen LogP contribution < -0.4 is 18.9 Å². The normalized spacial score (nSPS) is 14.1. The van der Waals surface area contributed by atoms with Crippen LogP contribution in [0.2, 0.25) is 0 Å². The Morgan fingerprint density at radius 3 is 2.33 bits per heavy atom. The average Bonchev–Trinajstić information content (AvgIpc) is 2.89. The van der Waals surface area contributed by atoms with Crippen molar-refractivity contribution < 1.29 is 23.6 Å². The third kappa shape index (κ3) is 7.95. The summed E-state index contributed by atoms with van der Waals surface area (Å²) < 4.78 is 4.94. The minimum Gasteiger partial charge on any atom is -0.381 e. The zero-order chi connectivity index (χ0) is 12.5. The Morgan fingerprint density at radius 2 is 1.94 bits per heavy atom. The van der Waals surface area contributed by atoms with Gasteiger partial charge in [-0.15, -0.1) is 5.56 Å². The first-order chi connectivity index (χ1) is 8.20. The molecular weight excluding hydrogens is 217 g/mol. The van der Waals surface area contributed by atoms with Gasteiger partial charge >= 0.3 is 18.9 Å². The fourth-order valence-corrected chi connectivity index (χ4v) is 1.49. The fraction of sp³-hybridized carbons (Fsp3) is 0.600. The van der Waals surface area contributed by atoms with E-state index in [0.29, 0.717) is 6.04 Å². The van der Waals surface area contributed by atoms with Gasteiger partial charge in [0.1, 0.15) is 0 Å². The summed E-state index contributed by atoms with van der Waals surface area (Å²) in [7, 11) is 2.13. The van der Waals surface area contributed by atoms with E-state index >= 15 is 0 Å².